The van der Waals surface area contributed by atoms with Gasteiger partial charge in [-0.2, -0.15) is 0 Å². The van der Waals surface area contributed by atoms with Gasteiger partial charge >= 0.3 is 0 Å². The van der Waals surface area contributed by atoms with Gasteiger partial charge in [0.15, 0.2) is 0 Å². The molecule has 0 saturated carbocycles. The number of hydrogen-bond donors (Lipinski definition) is 0. The Balaban J connectivity index is 1.65. The molecule has 0 fully saturated rings. The Labute approximate surface area is 259 Å². The van der Waals surface area contributed by atoms with Crippen LogP contribution in [0, 0.1) is 0 Å². The largest absolute Gasteiger partial charge is 0.455 e. The fraction of sp³-hybridized carbons (Fsp3) is 0. The molecule has 2 nitrogen and oxygen atoms in total. The minimum absolute atomic E-state index is 0.00677. The minimum atomic E-state index is -0.753. The summed E-state index contributed by atoms with van der Waals surface area (Å²) < 4.78 is 184. The van der Waals surface area contributed by atoms with Crippen LogP contribution < -0.4 is 0 Å². The van der Waals surface area contributed by atoms with Crippen molar-refractivity contribution in [2.45, 2.75) is 0 Å². The van der Waals surface area contributed by atoms with Crippen molar-refractivity contribution in [1.82, 2.24) is 0 Å². The predicted octanol–water partition coefficient (Wildman–Crippen LogP) is 11.0. The van der Waals surface area contributed by atoms with E-state index in [4.69, 9.17) is 36.2 Å². The molecule has 0 radical (unpaired) electrons. The van der Waals surface area contributed by atoms with E-state index in [-0.39, 0.29) is 43.8 Å². The highest BCUT2D eigenvalue weighted by Crippen LogP contribution is 2.48. The predicted molar refractivity (Wildman–Crippen MR) is 165 cm³/mol. The molecule has 0 aliphatic rings. The average Bonchev–Trinajstić information content (AvgIpc) is 3.79. The lowest BCUT2D eigenvalue weighted by Crippen LogP contribution is -1.84. The third-order valence-electron chi connectivity index (χ3n) is 6.46. The second-order valence-electron chi connectivity index (χ2n) is 8.58. The summed E-state index contributed by atoms with van der Waals surface area (Å²) in [6, 6.07) is -9.01. The second kappa shape index (κ2) is 9.14. The number of fused-ring (bicyclic) bond motifs is 5. The van der Waals surface area contributed by atoms with Crippen LogP contribution in [0.4, 0.5) is 0 Å². The Morgan fingerprint density at radius 1 is 0.375 bits per heavy atom. The SMILES string of the molecule is [2H]c1c([2H])c([2H])c(-c2oc3ccc4c(ccc5oc(-c6c([2H])c([2H])c([2H])c([2H])c6[2H])c(-c6c([2H])c([2H])c([2H])c([2H])c6[2H])c54)c3c2-c2c([2H])c([2H])c([2H])c([2H])c2[2H])c([2H])c1[2H]. The van der Waals surface area contributed by atoms with Gasteiger partial charge in [0.25, 0.3) is 0 Å². The van der Waals surface area contributed by atoms with E-state index in [1.165, 1.54) is 24.3 Å². The smallest absolute Gasteiger partial charge is 0.143 e. The normalized spacial score (nSPS) is 18.5. The van der Waals surface area contributed by atoms with Crippen LogP contribution in [-0.4, -0.2) is 0 Å². The van der Waals surface area contributed by atoms with Gasteiger partial charge in [0.05, 0.1) is 27.4 Å². The first kappa shape index (κ1) is 10.3. The molecule has 2 heterocycles. The van der Waals surface area contributed by atoms with Crippen LogP contribution in [0.15, 0.2) is 154 Å². The topological polar surface area (TPSA) is 26.3 Å². The van der Waals surface area contributed by atoms with Crippen LogP contribution in [0.25, 0.3) is 77.6 Å². The molecular weight excluding hydrogens is 488 g/mol. The van der Waals surface area contributed by atoms with Crippen molar-refractivity contribution in [3.05, 3.63) is 145 Å². The molecule has 0 saturated heterocycles. The lowest BCUT2D eigenvalue weighted by atomic mass is 9.92. The molecule has 0 N–H and O–H groups in total. The average molecular weight is 533 g/mol. The highest BCUT2D eigenvalue weighted by Gasteiger charge is 2.24. The van der Waals surface area contributed by atoms with Crippen LogP contribution >= 0.6 is 0 Å². The number of rotatable bonds is 4. The van der Waals surface area contributed by atoms with E-state index in [0.717, 1.165) is 0 Å². The van der Waals surface area contributed by atoms with E-state index in [0.29, 0.717) is 0 Å². The number of hydrogen-bond acceptors (Lipinski definition) is 2. The first-order chi connectivity index (χ1) is 28.1. The van der Waals surface area contributed by atoms with Crippen LogP contribution in [0.5, 0.6) is 0 Å². The van der Waals surface area contributed by atoms with Gasteiger partial charge < -0.3 is 8.83 Å². The van der Waals surface area contributed by atoms with Crippen molar-refractivity contribution in [3.8, 4) is 44.9 Å². The molecule has 0 aliphatic heterocycles. The van der Waals surface area contributed by atoms with Gasteiger partial charge in [-0.1, -0.05) is 121 Å². The van der Waals surface area contributed by atoms with Crippen LogP contribution in [0.3, 0.4) is 0 Å². The van der Waals surface area contributed by atoms with Crippen LogP contribution in [0.2, 0.25) is 0 Å². The quantitative estimate of drug-likeness (QED) is 0.225. The second-order valence-corrected chi connectivity index (χ2v) is 8.58. The van der Waals surface area contributed by atoms with Crippen molar-refractivity contribution in [2.24, 2.45) is 0 Å². The number of benzene rings is 6. The molecular formula is C38H24O2. The van der Waals surface area contributed by atoms with Gasteiger partial charge in [0, 0.05) is 33.0 Å². The van der Waals surface area contributed by atoms with Crippen molar-refractivity contribution >= 4 is 32.7 Å². The molecule has 0 spiro atoms. The van der Waals surface area contributed by atoms with Crippen molar-refractivity contribution in [1.29, 1.82) is 0 Å². The molecule has 0 bridgehead atoms. The molecule has 40 heavy (non-hydrogen) atoms. The highest BCUT2D eigenvalue weighted by molar-refractivity contribution is 6.24. The first-order valence-electron chi connectivity index (χ1n) is 21.9. The Bertz CT molecular complexity index is 2940. The maximum absolute atomic E-state index is 8.95. The van der Waals surface area contributed by atoms with Gasteiger partial charge in [-0.15, -0.1) is 0 Å². The summed E-state index contributed by atoms with van der Waals surface area (Å²) in [6.45, 7) is 0. The zero-order valence-electron chi connectivity index (χ0n) is 40.1. The van der Waals surface area contributed by atoms with Crippen LogP contribution in [0.1, 0.15) is 27.4 Å². The van der Waals surface area contributed by atoms with Gasteiger partial charge in [0.2, 0.25) is 0 Å². The highest BCUT2D eigenvalue weighted by atomic mass is 16.3. The Hall–Kier alpha value is -5.34. The summed E-state index contributed by atoms with van der Waals surface area (Å²) in [5.74, 6) is -0.878. The Kier molecular flexibility index (Phi) is 2.36. The van der Waals surface area contributed by atoms with Gasteiger partial charge in [-0.05, 0) is 46.2 Å². The molecule has 2 aromatic heterocycles. The Morgan fingerprint density at radius 2 is 0.700 bits per heavy atom. The molecule has 0 aliphatic carbocycles. The fourth-order valence-corrected chi connectivity index (χ4v) is 4.91. The standard InChI is InChI=1S/C38H24O2/c1-5-13-25(14-6-1)33-35-29-21-24-32-36(30(29)22-23-31(35)39-37(33)27-17-9-3-10-18-27)34(26-15-7-2-8-16-26)38(40-32)28-19-11-4-12-20-28/h1-24H/i1D,2D,3D,4D,5D,6D,7D,8D,9D,10D,11D,12D,13D,14D,15D,16D,17D,18D,19D,20D. The monoisotopic (exact) mass is 532 g/mol. The molecule has 8 rings (SSSR count). The third-order valence-corrected chi connectivity index (χ3v) is 6.46. The molecule has 8 aromatic rings. The van der Waals surface area contributed by atoms with Gasteiger partial charge in [0.1, 0.15) is 22.7 Å². The molecule has 0 unspecified atom stereocenters. The van der Waals surface area contributed by atoms with Crippen LogP contribution in [-0.2, 0) is 0 Å². The fourth-order valence-electron chi connectivity index (χ4n) is 4.91. The van der Waals surface area contributed by atoms with E-state index in [9.17, 15) is 0 Å². The summed E-state index contributed by atoms with van der Waals surface area (Å²) in [5, 5.41) is 0.303. The molecule has 0 atom stereocenters. The maximum Gasteiger partial charge on any atom is 0.143 e. The van der Waals surface area contributed by atoms with E-state index in [1.54, 1.807) is 0 Å². The Morgan fingerprint density at radius 3 is 1.05 bits per heavy atom. The summed E-state index contributed by atoms with van der Waals surface area (Å²) >= 11 is 0. The van der Waals surface area contributed by atoms with Gasteiger partial charge in [-0.25, -0.2) is 0 Å². The summed E-state index contributed by atoms with van der Waals surface area (Å²) in [4.78, 5) is 0. The lowest BCUT2D eigenvalue weighted by Gasteiger charge is -2.08. The molecule has 188 valence electrons. The maximum atomic E-state index is 8.95. The third kappa shape index (κ3) is 3.50. The summed E-state index contributed by atoms with van der Waals surface area (Å²) in [7, 11) is 0. The molecule has 6 aromatic carbocycles. The van der Waals surface area contributed by atoms with E-state index in [1.807, 2.05) is 0 Å². The van der Waals surface area contributed by atoms with E-state index in [2.05, 4.69) is 0 Å². The zero-order chi connectivity index (χ0) is 43.9. The number of furan rings is 2. The van der Waals surface area contributed by atoms with E-state index < -0.39 is 155 Å². The molecule has 0 amide bonds. The van der Waals surface area contributed by atoms with Gasteiger partial charge in [-0.3, -0.25) is 0 Å². The first-order valence-corrected chi connectivity index (χ1v) is 11.9. The van der Waals surface area contributed by atoms with Crippen molar-refractivity contribution < 1.29 is 36.2 Å². The molecule has 2 heteroatoms. The van der Waals surface area contributed by atoms with E-state index >= 15 is 0 Å². The summed E-state index contributed by atoms with van der Waals surface area (Å²) in [5.41, 5.74) is -2.50. The van der Waals surface area contributed by atoms with Crippen molar-refractivity contribution in [2.75, 3.05) is 0 Å². The minimum Gasteiger partial charge on any atom is -0.455 e. The zero-order valence-corrected chi connectivity index (χ0v) is 20.1. The lowest BCUT2D eigenvalue weighted by molar-refractivity contribution is 0.632. The summed E-state index contributed by atoms with van der Waals surface area (Å²) in [6.07, 6.45) is 0. The van der Waals surface area contributed by atoms with Crippen molar-refractivity contribution in [3.63, 3.8) is 0 Å².